The van der Waals surface area contributed by atoms with Gasteiger partial charge in [0.2, 0.25) is 0 Å². The maximum absolute atomic E-state index is 12.1. The Kier molecular flexibility index (Phi) is 7.49. The maximum Gasteiger partial charge on any atom is 0.253 e. The van der Waals surface area contributed by atoms with Crippen molar-refractivity contribution in [2.45, 2.75) is 13.0 Å². The van der Waals surface area contributed by atoms with E-state index in [9.17, 15) is 4.79 Å². The molecule has 0 radical (unpaired) electrons. The van der Waals surface area contributed by atoms with E-state index in [1.54, 1.807) is 29.1 Å². The fourth-order valence-electron chi connectivity index (χ4n) is 1.74. The van der Waals surface area contributed by atoms with Gasteiger partial charge in [-0.3, -0.25) is 4.79 Å². The number of hydrogen-bond donors (Lipinski definition) is 2. The maximum atomic E-state index is 12.1. The van der Waals surface area contributed by atoms with Crippen LogP contribution in [0.3, 0.4) is 0 Å². The number of halogens is 3. The summed E-state index contributed by atoms with van der Waals surface area (Å²) < 4.78 is 1.75. The Bertz CT molecular complexity index is 617. The second-order valence-electron chi connectivity index (χ2n) is 4.23. The van der Waals surface area contributed by atoms with Gasteiger partial charge in [-0.05, 0) is 25.1 Å². The smallest absolute Gasteiger partial charge is 0.253 e. The van der Waals surface area contributed by atoms with Crippen molar-refractivity contribution in [3.63, 3.8) is 0 Å². The highest BCUT2D eigenvalue weighted by atomic mass is 35.5. The van der Waals surface area contributed by atoms with Crippen LogP contribution in [0.1, 0.15) is 29.1 Å². The van der Waals surface area contributed by atoms with Gasteiger partial charge in [0.25, 0.3) is 5.91 Å². The lowest BCUT2D eigenvalue weighted by molar-refractivity contribution is 0.0938. The number of hydrogen-bond acceptors (Lipinski definition) is 4. The number of carbonyl (C=O) groups excluding carboxylic acids is 1. The van der Waals surface area contributed by atoms with Gasteiger partial charge in [-0.2, -0.15) is 0 Å². The number of amides is 1. The largest absolute Gasteiger partial charge is 0.399 e. The Labute approximate surface area is 139 Å². The molecule has 1 aromatic carbocycles. The fourth-order valence-corrected chi connectivity index (χ4v) is 2.01. The van der Waals surface area contributed by atoms with Gasteiger partial charge in [0, 0.05) is 12.7 Å². The van der Waals surface area contributed by atoms with Crippen LogP contribution in [-0.4, -0.2) is 20.7 Å². The third-order valence-corrected chi connectivity index (χ3v) is 3.03. The molecule has 1 aromatic heterocycles. The molecule has 0 spiro atoms. The highest BCUT2D eigenvalue weighted by Crippen LogP contribution is 2.20. The minimum atomic E-state index is -0.277. The van der Waals surface area contributed by atoms with Gasteiger partial charge in [-0.15, -0.1) is 35.0 Å². The Hall–Kier alpha value is -1.50. The third-order valence-electron chi connectivity index (χ3n) is 2.72. The Balaban J connectivity index is 0.00000200. The van der Waals surface area contributed by atoms with E-state index in [1.165, 1.54) is 0 Å². The van der Waals surface area contributed by atoms with Crippen LogP contribution in [0.4, 0.5) is 5.69 Å². The zero-order valence-corrected chi connectivity index (χ0v) is 13.8. The summed E-state index contributed by atoms with van der Waals surface area (Å²) in [5, 5.41) is 10.8. The number of aryl methyl sites for hydroxylation is 1. The molecular formula is C12H16Cl3N5O. The molecule has 0 aliphatic heterocycles. The monoisotopic (exact) mass is 351 g/mol. The van der Waals surface area contributed by atoms with E-state index in [1.807, 2.05) is 14.0 Å². The minimum Gasteiger partial charge on any atom is -0.399 e. The average Bonchev–Trinajstić information content (AvgIpc) is 2.75. The number of nitrogen functional groups attached to an aromatic ring is 1. The molecule has 1 atom stereocenters. The Morgan fingerprint density at radius 1 is 1.43 bits per heavy atom. The average molecular weight is 353 g/mol. The van der Waals surface area contributed by atoms with Crippen molar-refractivity contribution in [3.8, 4) is 0 Å². The summed E-state index contributed by atoms with van der Waals surface area (Å²) in [4.78, 5) is 12.1. The summed E-state index contributed by atoms with van der Waals surface area (Å²) in [5.41, 5.74) is 6.48. The van der Waals surface area contributed by atoms with E-state index in [0.29, 0.717) is 22.1 Å². The van der Waals surface area contributed by atoms with Crippen molar-refractivity contribution in [3.05, 3.63) is 40.9 Å². The molecule has 0 aliphatic carbocycles. The number of carbonyl (C=O) groups is 1. The van der Waals surface area contributed by atoms with Crippen molar-refractivity contribution >= 4 is 48.0 Å². The van der Waals surface area contributed by atoms with Crippen molar-refractivity contribution in [2.75, 3.05) is 5.73 Å². The van der Waals surface area contributed by atoms with Crippen LogP contribution >= 0.6 is 36.4 Å². The van der Waals surface area contributed by atoms with Gasteiger partial charge in [-0.25, -0.2) is 0 Å². The molecule has 6 nitrogen and oxygen atoms in total. The topological polar surface area (TPSA) is 85.8 Å². The van der Waals surface area contributed by atoms with Crippen molar-refractivity contribution in [1.29, 1.82) is 0 Å². The number of benzene rings is 1. The van der Waals surface area contributed by atoms with E-state index >= 15 is 0 Å². The third kappa shape index (κ3) is 4.49. The quantitative estimate of drug-likeness (QED) is 0.831. The Morgan fingerprint density at radius 2 is 2.10 bits per heavy atom. The first-order valence-corrected chi connectivity index (χ1v) is 6.06. The number of nitrogens with one attached hydrogen (secondary N) is 1. The lowest BCUT2D eigenvalue weighted by Gasteiger charge is -2.13. The first-order valence-electron chi connectivity index (χ1n) is 5.69. The van der Waals surface area contributed by atoms with Crippen molar-refractivity contribution in [2.24, 2.45) is 7.05 Å². The molecule has 2 aromatic rings. The molecule has 0 bridgehead atoms. The predicted octanol–water partition coefficient (Wildman–Crippen LogP) is 2.39. The summed E-state index contributed by atoms with van der Waals surface area (Å²) in [6, 6.07) is 4.50. The number of nitrogens with zero attached hydrogens (tertiary/aromatic N) is 3. The van der Waals surface area contributed by atoms with Crippen LogP contribution in [-0.2, 0) is 7.05 Å². The van der Waals surface area contributed by atoms with E-state index in [0.717, 1.165) is 0 Å². The van der Waals surface area contributed by atoms with E-state index < -0.39 is 0 Å². The molecule has 116 valence electrons. The van der Waals surface area contributed by atoms with Crippen LogP contribution in [0, 0.1) is 0 Å². The van der Waals surface area contributed by atoms with Crippen molar-refractivity contribution in [1.82, 2.24) is 20.1 Å². The molecule has 9 heteroatoms. The first-order chi connectivity index (χ1) is 8.99. The predicted molar refractivity (Wildman–Crippen MR) is 87.2 cm³/mol. The number of anilines is 1. The van der Waals surface area contributed by atoms with Gasteiger partial charge in [0.05, 0.1) is 16.6 Å². The summed E-state index contributed by atoms with van der Waals surface area (Å²) in [6.45, 7) is 1.83. The van der Waals surface area contributed by atoms with Crippen molar-refractivity contribution < 1.29 is 4.79 Å². The molecule has 21 heavy (non-hydrogen) atoms. The van der Waals surface area contributed by atoms with Crippen LogP contribution in [0.2, 0.25) is 5.02 Å². The molecule has 0 aliphatic rings. The van der Waals surface area contributed by atoms with Crippen LogP contribution in [0.5, 0.6) is 0 Å². The van der Waals surface area contributed by atoms with E-state index in [2.05, 4.69) is 15.5 Å². The SMILES string of the molecule is CC(NC(=O)c1ccc(N)cc1Cl)c1nncn1C.Cl.Cl. The molecule has 2 rings (SSSR count). The normalized spacial score (nSPS) is 11.0. The first kappa shape index (κ1) is 19.5. The number of nitrogens with two attached hydrogens (primary N) is 1. The van der Waals surface area contributed by atoms with Gasteiger partial charge >= 0.3 is 0 Å². The summed E-state index contributed by atoms with van der Waals surface area (Å²) in [5.74, 6) is 0.389. The fraction of sp³-hybridized carbons (Fsp3) is 0.250. The van der Waals surface area contributed by atoms with Gasteiger partial charge in [0.1, 0.15) is 6.33 Å². The molecule has 1 heterocycles. The van der Waals surface area contributed by atoms with Gasteiger partial charge < -0.3 is 15.6 Å². The zero-order chi connectivity index (χ0) is 14.0. The lowest BCUT2D eigenvalue weighted by Crippen LogP contribution is -2.28. The lowest BCUT2D eigenvalue weighted by atomic mass is 10.2. The molecule has 3 N–H and O–H groups in total. The summed E-state index contributed by atoms with van der Waals surface area (Å²) in [6.07, 6.45) is 1.58. The van der Waals surface area contributed by atoms with Gasteiger partial charge in [-0.1, -0.05) is 11.6 Å². The number of aromatic nitrogens is 3. The van der Waals surface area contributed by atoms with E-state index in [-0.39, 0.29) is 36.8 Å². The molecule has 0 saturated heterocycles. The van der Waals surface area contributed by atoms with Crippen LogP contribution in [0.25, 0.3) is 0 Å². The molecule has 0 saturated carbocycles. The summed E-state index contributed by atoms with van der Waals surface area (Å²) >= 11 is 5.99. The number of rotatable bonds is 3. The van der Waals surface area contributed by atoms with E-state index in [4.69, 9.17) is 17.3 Å². The minimum absolute atomic E-state index is 0. The Morgan fingerprint density at radius 3 is 2.62 bits per heavy atom. The second kappa shape index (κ2) is 8.07. The molecule has 1 amide bonds. The van der Waals surface area contributed by atoms with Gasteiger partial charge in [0.15, 0.2) is 5.82 Å². The molecular weight excluding hydrogens is 337 g/mol. The highest BCUT2D eigenvalue weighted by molar-refractivity contribution is 6.34. The van der Waals surface area contributed by atoms with Crippen LogP contribution < -0.4 is 11.1 Å². The van der Waals surface area contributed by atoms with Crippen LogP contribution in [0.15, 0.2) is 24.5 Å². The highest BCUT2D eigenvalue weighted by Gasteiger charge is 2.17. The zero-order valence-electron chi connectivity index (χ0n) is 11.4. The summed E-state index contributed by atoms with van der Waals surface area (Å²) in [7, 11) is 1.81. The second-order valence-corrected chi connectivity index (χ2v) is 4.64. The molecule has 0 fully saturated rings. The molecule has 1 unspecified atom stereocenters. The standard InChI is InChI=1S/C12H14ClN5O.2ClH/c1-7(11-17-15-6-18(11)2)16-12(19)9-4-3-8(14)5-10(9)13;;/h3-7H,14H2,1-2H3,(H,16,19);2*1H.